The molecule has 1 heterocycles. The average Bonchev–Trinajstić information content (AvgIpc) is 2.77. The van der Waals surface area contributed by atoms with Gasteiger partial charge in [-0.3, -0.25) is 9.52 Å². The zero-order valence-electron chi connectivity index (χ0n) is 13.0. The number of carbonyl (C=O) groups is 1. The van der Waals surface area contributed by atoms with Crippen molar-refractivity contribution >= 4 is 33.2 Å². The number of anilines is 1. The molecule has 0 aliphatic rings. The van der Waals surface area contributed by atoms with Gasteiger partial charge < -0.3 is 9.42 Å². The summed E-state index contributed by atoms with van der Waals surface area (Å²) < 4.78 is 32.1. The number of nitrogens with zero attached hydrogens (tertiary/aromatic N) is 2. The molecule has 0 radical (unpaired) electrons. The van der Waals surface area contributed by atoms with Crippen LogP contribution in [0.2, 0.25) is 5.02 Å². The van der Waals surface area contributed by atoms with Crippen LogP contribution in [0.3, 0.4) is 0 Å². The third-order valence-corrected chi connectivity index (χ3v) is 5.03. The molecule has 9 heteroatoms. The molecule has 23 heavy (non-hydrogen) atoms. The highest BCUT2D eigenvalue weighted by Crippen LogP contribution is 2.26. The van der Waals surface area contributed by atoms with Crippen LogP contribution < -0.4 is 4.72 Å². The molecular formula is C14H16ClN3O4S. The molecule has 0 fully saturated rings. The van der Waals surface area contributed by atoms with E-state index in [9.17, 15) is 13.2 Å². The lowest BCUT2D eigenvalue weighted by Gasteiger charge is -2.13. The van der Waals surface area contributed by atoms with Crippen molar-refractivity contribution < 1.29 is 17.7 Å². The molecule has 0 bridgehead atoms. The fraction of sp³-hybridized carbons (Fsp3) is 0.286. The molecule has 0 saturated carbocycles. The van der Waals surface area contributed by atoms with E-state index in [1.54, 1.807) is 14.1 Å². The van der Waals surface area contributed by atoms with Crippen molar-refractivity contribution in [2.75, 3.05) is 18.8 Å². The van der Waals surface area contributed by atoms with Gasteiger partial charge in [0.1, 0.15) is 5.69 Å². The van der Waals surface area contributed by atoms with Crippen molar-refractivity contribution in [2.45, 2.75) is 18.7 Å². The Balaban J connectivity index is 2.35. The van der Waals surface area contributed by atoms with Gasteiger partial charge in [-0.25, -0.2) is 8.42 Å². The summed E-state index contributed by atoms with van der Waals surface area (Å²) in [5.74, 6) is -0.0735. The van der Waals surface area contributed by atoms with Gasteiger partial charge in [0.05, 0.1) is 16.3 Å². The lowest BCUT2D eigenvalue weighted by Crippen LogP contribution is -2.22. The number of aryl methyl sites for hydroxylation is 2. The summed E-state index contributed by atoms with van der Waals surface area (Å²) in [5.41, 5.74) is 0.794. The molecule has 0 spiro atoms. The smallest absolute Gasteiger partial charge is 0.267 e. The highest BCUT2D eigenvalue weighted by atomic mass is 35.5. The molecule has 1 amide bonds. The molecule has 1 aromatic heterocycles. The van der Waals surface area contributed by atoms with E-state index >= 15 is 0 Å². The molecule has 0 saturated heterocycles. The summed E-state index contributed by atoms with van der Waals surface area (Å²) in [6.07, 6.45) is 0. The fourth-order valence-corrected chi connectivity index (χ4v) is 3.70. The van der Waals surface area contributed by atoms with Crippen LogP contribution in [0.25, 0.3) is 0 Å². The maximum Gasteiger partial charge on any atom is 0.267 e. The van der Waals surface area contributed by atoms with Gasteiger partial charge in [-0.05, 0) is 32.0 Å². The predicted octanol–water partition coefficient (Wildman–Crippen LogP) is 2.45. The summed E-state index contributed by atoms with van der Waals surface area (Å²) >= 11 is 6.07. The van der Waals surface area contributed by atoms with Crippen molar-refractivity contribution in [1.82, 2.24) is 10.1 Å². The van der Waals surface area contributed by atoms with E-state index in [-0.39, 0.29) is 38.5 Å². The Labute approximate surface area is 139 Å². The van der Waals surface area contributed by atoms with Crippen LogP contribution in [0.5, 0.6) is 0 Å². The SMILES string of the molecule is Cc1noc(C)c1S(=O)(=O)Nc1ccc(C(=O)N(C)C)c(Cl)c1. The summed E-state index contributed by atoms with van der Waals surface area (Å²) in [7, 11) is -0.650. The third kappa shape index (κ3) is 3.48. The second-order valence-corrected chi connectivity index (χ2v) is 7.18. The number of nitrogens with one attached hydrogen (secondary N) is 1. The number of benzene rings is 1. The van der Waals surface area contributed by atoms with Crippen LogP contribution in [0.15, 0.2) is 27.6 Å². The monoisotopic (exact) mass is 357 g/mol. The molecule has 0 aliphatic heterocycles. The molecule has 2 rings (SSSR count). The van der Waals surface area contributed by atoms with Crippen LogP contribution in [0.4, 0.5) is 5.69 Å². The number of hydrogen-bond acceptors (Lipinski definition) is 5. The minimum absolute atomic E-state index is 0.0120. The Morgan fingerprint density at radius 2 is 1.96 bits per heavy atom. The van der Waals surface area contributed by atoms with Crippen LogP contribution >= 0.6 is 11.6 Å². The minimum Gasteiger partial charge on any atom is -0.360 e. The van der Waals surface area contributed by atoms with E-state index in [1.165, 1.54) is 36.9 Å². The Hall–Kier alpha value is -2.06. The molecule has 0 unspecified atom stereocenters. The fourth-order valence-electron chi connectivity index (χ4n) is 2.06. The summed E-state index contributed by atoms with van der Waals surface area (Å²) in [5, 5.41) is 3.78. The summed E-state index contributed by atoms with van der Waals surface area (Å²) in [4.78, 5) is 13.3. The molecule has 2 aromatic rings. The second-order valence-electron chi connectivity index (χ2n) is 5.15. The Morgan fingerprint density at radius 3 is 2.43 bits per heavy atom. The second kappa shape index (κ2) is 6.21. The predicted molar refractivity (Wildman–Crippen MR) is 86.3 cm³/mol. The number of hydrogen-bond donors (Lipinski definition) is 1. The van der Waals surface area contributed by atoms with Crippen molar-refractivity contribution in [3.05, 3.63) is 40.2 Å². The lowest BCUT2D eigenvalue weighted by atomic mass is 10.2. The van der Waals surface area contributed by atoms with Gasteiger partial charge >= 0.3 is 0 Å². The van der Waals surface area contributed by atoms with E-state index in [1.807, 2.05) is 0 Å². The molecule has 1 N–H and O–H groups in total. The number of aromatic nitrogens is 1. The Bertz CT molecular complexity index is 839. The molecule has 1 aromatic carbocycles. The first kappa shape index (κ1) is 17.3. The summed E-state index contributed by atoms with van der Waals surface area (Å²) in [6, 6.07) is 4.32. The largest absolute Gasteiger partial charge is 0.360 e. The van der Waals surface area contributed by atoms with E-state index in [0.29, 0.717) is 0 Å². The Kier molecular flexibility index (Phi) is 4.67. The number of sulfonamides is 1. The van der Waals surface area contributed by atoms with E-state index in [2.05, 4.69) is 9.88 Å². The number of rotatable bonds is 4. The highest BCUT2D eigenvalue weighted by molar-refractivity contribution is 7.92. The van der Waals surface area contributed by atoms with Gasteiger partial charge in [-0.15, -0.1) is 0 Å². The van der Waals surface area contributed by atoms with Gasteiger partial charge in [0, 0.05) is 14.1 Å². The first-order valence-electron chi connectivity index (χ1n) is 6.60. The molecular weight excluding hydrogens is 342 g/mol. The van der Waals surface area contributed by atoms with E-state index in [4.69, 9.17) is 16.1 Å². The van der Waals surface area contributed by atoms with Crippen molar-refractivity contribution in [3.63, 3.8) is 0 Å². The minimum atomic E-state index is -3.86. The quantitative estimate of drug-likeness (QED) is 0.907. The van der Waals surface area contributed by atoms with E-state index < -0.39 is 10.0 Å². The first-order valence-corrected chi connectivity index (χ1v) is 8.46. The van der Waals surface area contributed by atoms with Crippen LogP contribution in [0.1, 0.15) is 21.8 Å². The molecule has 0 atom stereocenters. The van der Waals surface area contributed by atoms with Crippen molar-refractivity contribution in [2.24, 2.45) is 0 Å². The topological polar surface area (TPSA) is 92.5 Å². The van der Waals surface area contributed by atoms with Crippen molar-refractivity contribution in [3.8, 4) is 0 Å². The van der Waals surface area contributed by atoms with Gasteiger partial charge in [0.25, 0.3) is 15.9 Å². The average molecular weight is 358 g/mol. The normalized spacial score (nSPS) is 11.3. The van der Waals surface area contributed by atoms with Gasteiger partial charge in [-0.2, -0.15) is 0 Å². The van der Waals surface area contributed by atoms with Crippen LogP contribution in [0, 0.1) is 13.8 Å². The maximum atomic E-state index is 12.4. The van der Waals surface area contributed by atoms with Gasteiger partial charge in [0.15, 0.2) is 10.7 Å². The standard InChI is InChI=1S/C14H16ClN3O4S/c1-8-13(9(2)22-16-8)23(20,21)17-10-5-6-11(12(15)7-10)14(19)18(3)4/h5-7,17H,1-4H3. The van der Waals surface area contributed by atoms with Crippen LogP contribution in [-0.4, -0.2) is 38.5 Å². The van der Waals surface area contributed by atoms with Crippen molar-refractivity contribution in [1.29, 1.82) is 0 Å². The number of amides is 1. The Morgan fingerprint density at radius 1 is 1.30 bits per heavy atom. The van der Waals surface area contributed by atoms with E-state index in [0.717, 1.165) is 0 Å². The third-order valence-electron chi connectivity index (χ3n) is 3.09. The molecule has 0 aliphatic carbocycles. The summed E-state index contributed by atoms with van der Waals surface area (Å²) in [6.45, 7) is 3.05. The van der Waals surface area contributed by atoms with Gasteiger partial charge in [-0.1, -0.05) is 16.8 Å². The first-order chi connectivity index (χ1) is 10.6. The molecule has 124 valence electrons. The number of halogens is 1. The van der Waals surface area contributed by atoms with Gasteiger partial charge in [0.2, 0.25) is 0 Å². The molecule has 7 nitrogen and oxygen atoms in total. The lowest BCUT2D eigenvalue weighted by molar-refractivity contribution is 0.0828. The zero-order chi connectivity index (χ0) is 17.4. The highest BCUT2D eigenvalue weighted by Gasteiger charge is 2.24. The zero-order valence-corrected chi connectivity index (χ0v) is 14.6. The van der Waals surface area contributed by atoms with Crippen LogP contribution in [-0.2, 0) is 10.0 Å². The number of carbonyl (C=O) groups excluding carboxylic acids is 1. The maximum absolute atomic E-state index is 12.4.